The van der Waals surface area contributed by atoms with E-state index >= 15 is 0 Å². The normalized spacial score (nSPS) is 18.6. The minimum Gasteiger partial charge on any atom is -0.507 e. The van der Waals surface area contributed by atoms with E-state index in [1.54, 1.807) is 6.92 Å². The zero-order valence-corrected chi connectivity index (χ0v) is 17.0. The summed E-state index contributed by atoms with van der Waals surface area (Å²) in [5.74, 6) is -0.418. The van der Waals surface area contributed by atoms with E-state index < -0.39 is 12.1 Å². The highest BCUT2D eigenvalue weighted by Crippen LogP contribution is 2.42. The highest BCUT2D eigenvalue weighted by atomic mass is 16.6. The molecule has 2 aliphatic heterocycles. The molecule has 2 heterocycles. The van der Waals surface area contributed by atoms with Gasteiger partial charge in [-0.25, -0.2) is 14.5 Å². The fourth-order valence-corrected chi connectivity index (χ4v) is 3.69. The van der Waals surface area contributed by atoms with Crippen LogP contribution in [0.4, 0.5) is 4.79 Å². The van der Waals surface area contributed by atoms with Crippen LogP contribution in [0.5, 0.6) is 11.5 Å². The lowest BCUT2D eigenvalue weighted by Crippen LogP contribution is -2.37. The number of benzene rings is 1. The molecule has 2 aliphatic rings. The Labute approximate surface area is 169 Å². The first-order valence-electron chi connectivity index (χ1n) is 9.49. The average molecular weight is 403 g/mol. The second kappa shape index (κ2) is 8.14. The Hall–Kier alpha value is -3.03. The van der Waals surface area contributed by atoms with E-state index in [9.17, 15) is 19.5 Å². The van der Waals surface area contributed by atoms with Gasteiger partial charge in [0.15, 0.2) is 0 Å². The Morgan fingerprint density at radius 1 is 1.31 bits per heavy atom. The van der Waals surface area contributed by atoms with E-state index in [0.29, 0.717) is 29.7 Å². The number of carbonyl (C=O) groups is 3. The number of aromatic hydroxyl groups is 1. The lowest BCUT2D eigenvalue weighted by Gasteiger charge is -2.16. The number of amides is 2. The van der Waals surface area contributed by atoms with Crippen molar-refractivity contribution < 1.29 is 33.7 Å². The summed E-state index contributed by atoms with van der Waals surface area (Å²) in [6, 6.07) is -0.255. The number of nitrogens with zero attached hydrogens (tertiary/aromatic N) is 1. The molecule has 0 aromatic heterocycles. The summed E-state index contributed by atoms with van der Waals surface area (Å²) in [5.41, 5.74) is 3.03. The fraction of sp³-hybridized carbons (Fsp3) is 0.476. The van der Waals surface area contributed by atoms with Crippen molar-refractivity contribution in [1.82, 2.24) is 4.90 Å². The number of hydrogen-bond acceptors (Lipinski definition) is 7. The van der Waals surface area contributed by atoms with Crippen molar-refractivity contribution >= 4 is 18.0 Å². The van der Waals surface area contributed by atoms with Gasteiger partial charge < -0.3 is 19.3 Å². The van der Waals surface area contributed by atoms with Crippen LogP contribution >= 0.6 is 0 Å². The molecule has 1 saturated heterocycles. The summed E-state index contributed by atoms with van der Waals surface area (Å²) in [6.45, 7) is 5.81. The van der Waals surface area contributed by atoms with E-state index in [0.717, 1.165) is 16.0 Å². The zero-order chi connectivity index (χ0) is 21.3. The third-order valence-corrected chi connectivity index (χ3v) is 5.39. The summed E-state index contributed by atoms with van der Waals surface area (Å²) < 4.78 is 15.4. The Kier molecular flexibility index (Phi) is 5.81. The minimum absolute atomic E-state index is 0.124. The Morgan fingerprint density at radius 2 is 2.03 bits per heavy atom. The van der Waals surface area contributed by atoms with Gasteiger partial charge in [0.25, 0.3) is 0 Å². The van der Waals surface area contributed by atoms with Crippen LogP contribution in [-0.4, -0.2) is 47.7 Å². The van der Waals surface area contributed by atoms with Gasteiger partial charge in [-0.05, 0) is 39.2 Å². The van der Waals surface area contributed by atoms with E-state index in [4.69, 9.17) is 14.2 Å². The number of rotatable bonds is 6. The highest BCUT2D eigenvalue weighted by Gasteiger charge is 2.34. The topological polar surface area (TPSA) is 102 Å². The van der Waals surface area contributed by atoms with Gasteiger partial charge in [-0.1, -0.05) is 11.6 Å². The number of cyclic esters (lactones) is 2. The van der Waals surface area contributed by atoms with Crippen LogP contribution in [0.15, 0.2) is 11.6 Å². The quantitative estimate of drug-likeness (QED) is 0.575. The van der Waals surface area contributed by atoms with E-state index in [1.165, 1.54) is 7.11 Å². The van der Waals surface area contributed by atoms with Gasteiger partial charge in [0.1, 0.15) is 30.3 Å². The summed E-state index contributed by atoms with van der Waals surface area (Å²) in [6.07, 6.45) is 2.26. The smallest absolute Gasteiger partial charge is 0.416 e. The largest absolute Gasteiger partial charge is 0.507 e. The third kappa shape index (κ3) is 3.79. The van der Waals surface area contributed by atoms with Gasteiger partial charge in [-0.15, -0.1) is 0 Å². The molecule has 0 bridgehead atoms. The second-order valence-electron chi connectivity index (χ2n) is 7.36. The Bertz CT molecular complexity index is 903. The van der Waals surface area contributed by atoms with E-state index in [-0.39, 0.29) is 42.9 Å². The summed E-state index contributed by atoms with van der Waals surface area (Å²) in [4.78, 5) is 37.0. The molecule has 0 saturated carbocycles. The molecule has 8 nitrogen and oxygen atoms in total. The summed E-state index contributed by atoms with van der Waals surface area (Å²) in [7, 11) is 1.51. The molecule has 2 amide bonds. The second-order valence-corrected chi connectivity index (χ2v) is 7.36. The van der Waals surface area contributed by atoms with Crippen LogP contribution in [0.25, 0.3) is 0 Å². The summed E-state index contributed by atoms with van der Waals surface area (Å²) in [5, 5.41) is 10.6. The maximum Gasteiger partial charge on any atom is 0.416 e. The number of carbonyl (C=O) groups excluding carboxylic acids is 3. The number of phenols is 1. The van der Waals surface area contributed by atoms with Crippen molar-refractivity contribution in [1.29, 1.82) is 0 Å². The van der Waals surface area contributed by atoms with Gasteiger partial charge in [0.2, 0.25) is 5.91 Å². The number of phenolic OH excluding ortho intramolecular Hbond substituents is 1. The number of allylic oxidation sites excluding steroid dienone is 2. The van der Waals surface area contributed by atoms with Crippen LogP contribution in [0.2, 0.25) is 0 Å². The first kappa shape index (κ1) is 20.7. The molecule has 8 heteroatoms. The molecule has 156 valence electrons. The van der Waals surface area contributed by atoms with Crippen molar-refractivity contribution in [2.24, 2.45) is 0 Å². The maximum atomic E-state index is 12.3. The molecule has 0 radical (unpaired) electrons. The minimum atomic E-state index is -0.598. The van der Waals surface area contributed by atoms with Crippen molar-refractivity contribution in [3.63, 3.8) is 0 Å². The SMILES string of the molecule is COc1c(C)c2c(c(O)c1C/C=C(\C)CCC(=O)N1C(=O)OC[C@@H]1C)C(=O)OC2. The maximum absolute atomic E-state index is 12.3. The van der Waals surface area contributed by atoms with Crippen LogP contribution in [0.3, 0.4) is 0 Å². The number of ether oxygens (including phenoxy) is 3. The van der Waals surface area contributed by atoms with Crippen LogP contribution in [0, 0.1) is 6.92 Å². The first-order valence-corrected chi connectivity index (χ1v) is 9.49. The molecule has 3 rings (SSSR count). The molecular formula is C21H25NO7. The standard InChI is InChI=1S/C21H25NO7/c1-11(6-8-16(23)22-12(2)9-29-21(22)26)5-7-14-18(24)17-15(10-28-20(17)25)13(3)19(14)27-4/h5,12,24H,6-10H2,1-4H3/b11-5+/t12-/m0/s1. The predicted molar refractivity (Wildman–Crippen MR) is 103 cm³/mol. The average Bonchev–Trinajstić information content (AvgIpc) is 3.23. The van der Waals surface area contributed by atoms with Gasteiger partial charge in [-0.2, -0.15) is 0 Å². The van der Waals surface area contributed by atoms with E-state index in [2.05, 4.69) is 0 Å². The first-order chi connectivity index (χ1) is 13.8. The zero-order valence-electron chi connectivity index (χ0n) is 17.0. The molecule has 1 fully saturated rings. The van der Waals surface area contributed by atoms with Gasteiger partial charge in [-0.3, -0.25) is 4.79 Å². The Morgan fingerprint density at radius 3 is 2.66 bits per heavy atom. The number of methoxy groups -OCH3 is 1. The van der Waals surface area contributed by atoms with Crippen LogP contribution in [-0.2, 0) is 27.3 Å². The van der Waals surface area contributed by atoms with Crippen LogP contribution < -0.4 is 4.74 Å². The van der Waals surface area contributed by atoms with Crippen molar-refractivity contribution in [3.8, 4) is 11.5 Å². The molecule has 0 spiro atoms. The Balaban J connectivity index is 1.73. The van der Waals surface area contributed by atoms with Gasteiger partial charge in [0.05, 0.1) is 13.2 Å². The molecular weight excluding hydrogens is 378 g/mol. The van der Waals surface area contributed by atoms with Crippen molar-refractivity contribution in [2.75, 3.05) is 13.7 Å². The van der Waals surface area contributed by atoms with Crippen molar-refractivity contribution in [2.45, 2.75) is 52.7 Å². The molecule has 0 unspecified atom stereocenters. The lowest BCUT2D eigenvalue weighted by atomic mass is 9.94. The molecule has 0 aliphatic carbocycles. The highest BCUT2D eigenvalue weighted by molar-refractivity contribution is 5.98. The van der Waals surface area contributed by atoms with E-state index in [1.807, 2.05) is 19.9 Å². The van der Waals surface area contributed by atoms with Gasteiger partial charge in [0, 0.05) is 17.5 Å². The number of esters is 1. The fourth-order valence-electron chi connectivity index (χ4n) is 3.69. The molecule has 1 atom stereocenters. The number of fused-ring (bicyclic) bond motifs is 1. The van der Waals surface area contributed by atoms with Crippen LogP contribution in [0.1, 0.15) is 53.7 Å². The lowest BCUT2D eigenvalue weighted by molar-refractivity contribution is -0.128. The van der Waals surface area contributed by atoms with Gasteiger partial charge >= 0.3 is 12.1 Å². The third-order valence-electron chi connectivity index (χ3n) is 5.39. The monoisotopic (exact) mass is 403 g/mol. The predicted octanol–water partition coefficient (Wildman–Crippen LogP) is 3.02. The van der Waals surface area contributed by atoms with Crippen molar-refractivity contribution in [3.05, 3.63) is 33.9 Å². The molecule has 1 aromatic carbocycles. The molecule has 1 aromatic rings. The molecule has 1 N–H and O–H groups in total. The summed E-state index contributed by atoms with van der Waals surface area (Å²) >= 11 is 0. The number of imide groups is 1. The molecule has 29 heavy (non-hydrogen) atoms. The number of hydrogen-bond donors (Lipinski definition) is 1.